The number of amidine groups is 1. The summed E-state index contributed by atoms with van der Waals surface area (Å²) in [6, 6.07) is 12.4. The van der Waals surface area contributed by atoms with Crippen molar-refractivity contribution in [1.82, 2.24) is 4.90 Å². The van der Waals surface area contributed by atoms with E-state index in [4.69, 9.17) is 11.1 Å². The Morgan fingerprint density at radius 3 is 2.03 bits per heavy atom. The largest absolute Gasteiger partial charge is 0.507 e. The first-order valence-electron chi connectivity index (χ1n) is 11.9. The number of benzene rings is 2. The topological polar surface area (TPSA) is 134 Å². The SMILES string of the molecule is CC(C)(C)c1cc(C(=O)CN2CC(C(=O)OC(N)=O)C(c3ccccc3)C2=N)cc(C(C)(C)C)c1O. The maximum atomic E-state index is 13.5. The molecule has 1 aliphatic rings. The average Bonchev–Trinajstić information content (AvgIpc) is 3.08. The summed E-state index contributed by atoms with van der Waals surface area (Å²) in [5.41, 5.74) is 6.72. The number of hydrogen-bond acceptors (Lipinski definition) is 6. The second-order valence-electron chi connectivity index (χ2n) is 11.3. The van der Waals surface area contributed by atoms with Gasteiger partial charge in [-0.1, -0.05) is 71.9 Å². The van der Waals surface area contributed by atoms with Gasteiger partial charge in [0, 0.05) is 23.2 Å². The van der Waals surface area contributed by atoms with Crippen LogP contribution in [0.3, 0.4) is 0 Å². The minimum absolute atomic E-state index is 0.0343. The van der Waals surface area contributed by atoms with Gasteiger partial charge < -0.3 is 20.5 Å². The number of primary amides is 1. The average molecular weight is 494 g/mol. The third-order valence-corrected chi connectivity index (χ3v) is 6.50. The van der Waals surface area contributed by atoms with Gasteiger partial charge in [-0.25, -0.2) is 4.79 Å². The lowest BCUT2D eigenvalue weighted by molar-refractivity contribution is -0.141. The molecule has 8 nitrogen and oxygen atoms in total. The number of phenolic OH excluding ortho intramolecular Hbond substituents is 1. The van der Waals surface area contributed by atoms with Crippen LogP contribution in [0, 0.1) is 11.3 Å². The lowest BCUT2D eigenvalue weighted by Crippen LogP contribution is -2.33. The first-order chi connectivity index (χ1) is 16.6. The molecule has 8 heteroatoms. The third-order valence-electron chi connectivity index (χ3n) is 6.50. The van der Waals surface area contributed by atoms with Crippen molar-refractivity contribution >= 4 is 23.7 Å². The summed E-state index contributed by atoms with van der Waals surface area (Å²) >= 11 is 0. The Kier molecular flexibility index (Phi) is 7.30. The lowest BCUT2D eigenvalue weighted by Gasteiger charge is -2.28. The standard InChI is InChI=1S/C28H35N3O5/c1-27(2,3)19-12-17(13-20(23(19)33)28(4,5)6)21(32)15-31-14-18(25(34)36-26(30)35)22(24(31)29)16-10-8-7-9-11-16/h7-13,18,22,29,33H,14-15H2,1-6H3,(H2,30,35). The zero-order valence-electron chi connectivity index (χ0n) is 21.7. The van der Waals surface area contributed by atoms with Crippen LogP contribution in [0.4, 0.5) is 4.79 Å². The molecule has 0 saturated carbocycles. The van der Waals surface area contributed by atoms with Gasteiger partial charge in [0.25, 0.3) is 0 Å². The van der Waals surface area contributed by atoms with Crippen molar-refractivity contribution < 1.29 is 24.2 Å². The Hall–Kier alpha value is -3.68. The maximum absolute atomic E-state index is 13.5. The molecule has 0 aromatic heterocycles. The van der Waals surface area contributed by atoms with E-state index < -0.39 is 34.7 Å². The molecule has 1 saturated heterocycles. The molecular formula is C28H35N3O5. The van der Waals surface area contributed by atoms with Crippen molar-refractivity contribution in [3.8, 4) is 5.75 Å². The number of phenols is 1. The monoisotopic (exact) mass is 493 g/mol. The number of nitrogens with one attached hydrogen (secondary N) is 1. The smallest absolute Gasteiger partial charge is 0.412 e. The molecule has 2 atom stereocenters. The minimum Gasteiger partial charge on any atom is -0.507 e. The van der Waals surface area contributed by atoms with Gasteiger partial charge >= 0.3 is 12.1 Å². The summed E-state index contributed by atoms with van der Waals surface area (Å²) in [4.78, 5) is 38.9. The fourth-order valence-corrected chi connectivity index (χ4v) is 4.62. The highest BCUT2D eigenvalue weighted by molar-refractivity contribution is 6.03. The molecule has 1 aliphatic heterocycles. The number of rotatable bonds is 5. The molecule has 0 radical (unpaired) electrons. The molecule has 0 bridgehead atoms. The van der Waals surface area contributed by atoms with E-state index in [0.29, 0.717) is 22.3 Å². The van der Waals surface area contributed by atoms with Crippen LogP contribution < -0.4 is 5.73 Å². The lowest BCUT2D eigenvalue weighted by atomic mass is 9.78. The van der Waals surface area contributed by atoms with Crippen LogP contribution in [0.25, 0.3) is 0 Å². The highest BCUT2D eigenvalue weighted by atomic mass is 16.6. The molecule has 4 N–H and O–H groups in total. The molecule has 0 spiro atoms. The summed E-state index contributed by atoms with van der Waals surface area (Å²) < 4.78 is 4.66. The van der Waals surface area contributed by atoms with Crippen molar-refractivity contribution in [3.05, 3.63) is 64.7 Å². The number of amides is 1. The highest BCUT2D eigenvalue weighted by Crippen LogP contribution is 2.40. The maximum Gasteiger partial charge on any atom is 0.412 e. The number of nitrogens with two attached hydrogens (primary N) is 1. The van der Waals surface area contributed by atoms with Gasteiger partial charge in [-0.15, -0.1) is 0 Å². The van der Waals surface area contributed by atoms with Crippen molar-refractivity contribution in [3.63, 3.8) is 0 Å². The van der Waals surface area contributed by atoms with Crippen molar-refractivity contribution in [2.24, 2.45) is 11.7 Å². The Labute approximate surface area is 211 Å². The van der Waals surface area contributed by atoms with Gasteiger partial charge in [0.2, 0.25) is 0 Å². The number of carbonyl (C=O) groups excluding carboxylic acids is 3. The molecule has 2 aromatic rings. The molecular weight excluding hydrogens is 458 g/mol. The fraction of sp³-hybridized carbons (Fsp3) is 0.429. The number of carbonyl (C=O) groups is 3. The van der Waals surface area contributed by atoms with E-state index in [0.717, 1.165) is 0 Å². The van der Waals surface area contributed by atoms with Crippen LogP contribution >= 0.6 is 0 Å². The minimum atomic E-state index is -1.21. The quantitative estimate of drug-likeness (QED) is 0.319. The number of esters is 1. The zero-order valence-corrected chi connectivity index (χ0v) is 21.7. The molecule has 2 aromatic carbocycles. The van der Waals surface area contributed by atoms with E-state index in [2.05, 4.69) is 4.74 Å². The van der Waals surface area contributed by atoms with E-state index in [-0.39, 0.29) is 30.5 Å². The van der Waals surface area contributed by atoms with Crippen LogP contribution in [0.2, 0.25) is 0 Å². The first-order valence-corrected chi connectivity index (χ1v) is 11.9. The number of aromatic hydroxyl groups is 1. The van der Waals surface area contributed by atoms with Crippen LogP contribution in [-0.4, -0.2) is 46.8 Å². The summed E-state index contributed by atoms with van der Waals surface area (Å²) in [5, 5.41) is 19.8. The van der Waals surface area contributed by atoms with Crippen LogP contribution in [0.15, 0.2) is 42.5 Å². The Balaban J connectivity index is 1.97. The van der Waals surface area contributed by atoms with E-state index in [1.165, 1.54) is 4.90 Å². The second-order valence-corrected chi connectivity index (χ2v) is 11.3. The summed E-state index contributed by atoms with van der Waals surface area (Å²) in [7, 11) is 0. The second kappa shape index (κ2) is 9.76. The van der Waals surface area contributed by atoms with E-state index >= 15 is 0 Å². The highest BCUT2D eigenvalue weighted by Gasteiger charge is 2.44. The Morgan fingerprint density at radius 2 is 1.56 bits per heavy atom. The third kappa shape index (κ3) is 5.58. The molecule has 1 amide bonds. The van der Waals surface area contributed by atoms with Gasteiger partial charge in [0.1, 0.15) is 11.6 Å². The Morgan fingerprint density at radius 1 is 1.03 bits per heavy atom. The van der Waals surface area contributed by atoms with Gasteiger partial charge in [-0.3, -0.25) is 15.0 Å². The molecule has 0 aliphatic carbocycles. The number of hydrogen-bond donors (Lipinski definition) is 3. The Bertz CT molecular complexity index is 1160. The predicted octanol–water partition coefficient (Wildman–Crippen LogP) is 4.48. The van der Waals surface area contributed by atoms with Gasteiger partial charge in [-0.05, 0) is 28.5 Å². The summed E-state index contributed by atoms with van der Waals surface area (Å²) in [6.07, 6.45) is -1.21. The van der Waals surface area contributed by atoms with E-state index in [1.807, 2.05) is 47.6 Å². The number of ketones is 1. The van der Waals surface area contributed by atoms with Crippen molar-refractivity contribution in [1.29, 1.82) is 5.41 Å². The van der Waals surface area contributed by atoms with Gasteiger partial charge in [-0.2, -0.15) is 0 Å². The predicted molar refractivity (Wildman–Crippen MR) is 137 cm³/mol. The molecule has 1 fully saturated rings. The van der Waals surface area contributed by atoms with Crippen LogP contribution in [0.5, 0.6) is 5.75 Å². The van der Waals surface area contributed by atoms with Crippen molar-refractivity contribution in [2.75, 3.05) is 13.1 Å². The van der Waals surface area contributed by atoms with E-state index in [9.17, 15) is 19.5 Å². The fourth-order valence-electron chi connectivity index (χ4n) is 4.62. The van der Waals surface area contributed by atoms with E-state index in [1.54, 1.807) is 36.4 Å². The summed E-state index contributed by atoms with van der Waals surface area (Å²) in [6.45, 7) is 11.7. The van der Waals surface area contributed by atoms with Gasteiger partial charge in [0.15, 0.2) is 5.78 Å². The molecule has 2 unspecified atom stereocenters. The summed E-state index contributed by atoms with van der Waals surface area (Å²) in [5.74, 6) is -2.35. The van der Waals surface area contributed by atoms with Crippen LogP contribution in [0.1, 0.15) is 74.5 Å². The molecule has 36 heavy (non-hydrogen) atoms. The number of Topliss-reactive ketones (excluding diaryl/α,β-unsaturated/α-hetero) is 1. The number of likely N-dealkylation sites (tertiary alicyclic amines) is 1. The number of ether oxygens (including phenoxy) is 1. The van der Waals surface area contributed by atoms with Crippen molar-refractivity contribution in [2.45, 2.75) is 58.3 Å². The molecule has 1 heterocycles. The number of nitrogens with zero attached hydrogens (tertiary/aromatic N) is 1. The molecule has 3 rings (SSSR count). The molecule has 192 valence electrons. The normalized spacial score (nSPS) is 18.3. The van der Waals surface area contributed by atoms with Crippen LogP contribution in [-0.2, 0) is 20.4 Å². The first kappa shape index (κ1) is 26.9. The van der Waals surface area contributed by atoms with Gasteiger partial charge in [0.05, 0.1) is 18.4 Å². The zero-order chi connectivity index (χ0) is 27.0.